The molecule has 0 saturated heterocycles. The molecule has 1 saturated carbocycles. The molecule has 6 heteroatoms. The number of nitrogens with zero attached hydrogens (tertiary/aromatic N) is 2. The summed E-state index contributed by atoms with van der Waals surface area (Å²) in [5.74, 6) is 1.06. The van der Waals surface area contributed by atoms with E-state index in [2.05, 4.69) is 20.6 Å². The molecular weight excluding hydrogens is 340 g/mol. The number of amides is 1. The van der Waals surface area contributed by atoms with Gasteiger partial charge in [-0.05, 0) is 38.8 Å². The fraction of sp³-hybridized carbons (Fsp3) is 0.476. The van der Waals surface area contributed by atoms with Crippen molar-refractivity contribution in [1.29, 1.82) is 0 Å². The molecule has 1 aromatic carbocycles. The summed E-state index contributed by atoms with van der Waals surface area (Å²) in [4.78, 5) is 21.2. The quantitative estimate of drug-likeness (QED) is 0.726. The van der Waals surface area contributed by atoms with Crippen molar-refractivity contribution in [3.05, 3.63) is 42.4 Å². The van der Waals surface area contributed by atoms with E-state index < -0.39 is 0 Å². The minimum absolute atomic E-state index is 0.0252. The summed E-state index contributed by atoms with van der Waals surface area (Å²) in [6.45, 7) is 3.90. The first-order chi connectivity index (χ1) is 13.1. The van der Waals surface area contributed by atoms with Gasteiger partial charge in [-0.25, -0.2) is 9.97 Å². The number of aromatic nitrogens is 2. The predicted molar refractivity (Wildman–Crippen MR) is 107 cm³/mol. The summed E-state index contributed by atoms with van der Waals surface area (Å²) >= 11 is 0. The van der Waals surface area contributed by atoms with Crippen molar-refractivity contribution in [2.24, 2.45) is 0 Å². The second-order valence-electron chi connectivity index (χ2n) is 7.24. The van der Waals surface area contributed by atoms with Crippen LogP contribution in [0.15, 0.2) is 36.7 Å². The lowest BCUT2D eigenvalue weighted by Crippen LogP contribution is -2.20. The first-order valence-corrected chi connectivity index (χ1v) is 9.77. The Bertz CT molecular complexity index is 738. The van der Waals surface area contributed by atoms with Crippen LogP contribution in [-0.2, 0) is 0 Å². The minimum Gasteiger partial charge on any atom is -0.489 e. The Balaban J connectivity index is 1.62. The molecule has 1 amide bonds. The Morgan fingerprint density at radius 3 is 2.48 bits per heavy atom. The molecule has 1 aromatic heterocycles. The Morgan fingerprint density at radius 2 is 1.81 bits per heavy atom. The van der Waals surface area contributed by atoms with Crippen LogP contribution in [0.3, 0.4) is 0 Å². The largest absolute Gasteiger partial charge is 0.489 e. The first kappa shape index (κ1) is 19.1. The van der Waals surface area contributed by atoms with Gasteiger partial charge in [0.05, 0.1) is 24.2 Å². The van der Waals surface area contributed by atoms with E-state index in [-0.39, 0.29) is 17.7 Å². The Morgan fingerprint density at radius 1 is 1.07 bits per heavy atom. The maximum absolute atomic E-state index is 12.5. The summed E-state index contributed by atoms with van der Waals surface area (Å²) in [6.07, 6.45) is 10.6. The van der Waals surface area contributed by atoms with E-state index in [0.29, 0.717) is 17.5 Å². The highest BCUT2D eigenvalue weighted by Gasteiger charge is 2.15. The number of hydrogen-bond donors (Lipinski definition) is 2. The summed E-state index contributed by atoms with van der Waals surface area (Å²) in [5.41, 5.74) is 0.902. The van der Waals surface area contributed by atoms with Gasteiger partial charge in [-0.3, -0.25) is 4.79 Å². The van der Waals surface area contributed by atoms with E-state index in [1.807, 2.05) is 38.1 Å². The van der Waals surface area contributed by atoms with Crippen LogP contribution in [0.1, 0.15) is 62.9 Å². The molecule has 1 fully saturated rings. The summed E-state index contributed by atoms with van der Waals surface area (Å²) < 4.78 is 5.74. The normalized spacial score (nSPS) is 15.2. The van der Waals surface area contributed by atoms with Gasteiger partial charge in [0.1, 0.15) is 17.3 Å². The molecule has 27 heavy (non-hydrogen) atoms. The topological polar surface area (TPSA) is 76.1 Å². The summed E-state index contributed by atoms with van der Waals surface area (Å²) in [7, 11) is 0. The average molecular weight is 368 g/mol. The standard InChI is InChI=1S/C21H28N4O2/c1-15(2)27-19-12-8-7-11-17(19)25-21(26)18-13-23-20(14-22-18)24-16-9-5-3-4-6-10-16/h7-8,11-16H,3-6,9-10H2,1-2H3,(H,23,24)(H,25,26). The average Bonchev–Trinajstić information content (AvgIpc) is 2.92. The van der Waals surface area contributed by atoms with E-state index in [0.717, 1.165) is 18.7 Å². The van der Waals surface area contributed by atoms with Crippen LogP contribution in [0.4, 0.5) is 11.5 Å². The van der Waals surface area contributed by atoms with Crippen LogP contribution in [0.5, 0.6) is 5.75 Å². The van der Waals surface area contributed by atoms with Gasteiger partial charge in [0.25, 0.3) is 5.91 Å². The first-order valence-electron chi connectivity index (χ1n) is 9.77. The highest BCUT2D eigenvalue weighted by atomic mass is 16.5. The van der Waals surface area contributed by atoms with E-state index in [9.17, 15) is 4.79 Å². The minimum atomic E-state index is -0.302. The highest BCUT2D eigenvalue weighted by molar-refractivity contribution is 6.03. The molecule has 1 heterocycles. The van der Waals surface area contributed by atoms with Crippen molar-refractivity contribution in [1.82, 2.24) is 9.97 Å². The molecule has 0 spiro atoms. The number of rotatable bonds is 6. The lowest BCUT2D eigenvalue weighted by Gasteiger charge is -2.16. The van der Waals surface area contributed by atoms with Gasteiger partial charge in [-0.1, -0.05) is 37.8 Å². The van der Waals surface area contributed by atoms with Crippen molar-refractivity contribution < 1.29 is 9.53 Å². The van der Waals surface area contributed by atoms with Crippen LogP contribution >= 0.6 is 0 Å². The van der Waals surface area contributed by atoms with Crippen LogP contribution in [-0.4, -0.2) is 28.0 Å². The van der Waals surface area contributed by atoms with Gasteiger partial charge in [0, 0.05) is 6.04 Å². The SMILES string of the molecule is CC(C)Oc1ccccc1NC(=O)c1cnc(NC2CCCCCC2)cn1. The zero-order chi connectivity index (χ0) is 19.1. The molecule has 2 aromatic rings. The molecule has 1 aliphatic rings. The number of nitrogens with one attached hydrogen (secondary N) is 2. The third kappa shape index (κ3) is 5.67. The highest BCUT2D eigenvalue weighted by Crippen LogP contribution is 2.25. The van der Waals surface area contributed by atoms with Crippen LogP contribution < -0.4 is 15.4 Å². The second kappa shape index (κ2) is 9.35. The second-order valence-corrected chi connectivity index (χ2v) is 7.24. The lowest BCUT2D eigenvalue weighted by atomic mass is 10.1. The van der Waals surface area contributed by atoms with E-state index in [1.54, 1.807) is 6.20 Å². The van der Waals surface area contributed by atoms with Crippen molar-refractivity contribution >= 4 is 17.4 Å². The molecule has 0 atom stereocenters. The maximum Gasteiger partial charge on any atom is 0.275 e. The van der Waals surface area contributed by atoms with Crippen LogP contribution in [0.2, 0.25) is 0 Å². The molecule has 0 aliphatic heterocycles. The number of carbonyl (C=O) groups is 1. The van der Waals surface area contributed by atoms with Gasteiger partial charge in [-0.2, -0.15) is 0 Å². The van der Waals surface area contributed by atoms with E-state index in [1.165, 1.54) is 31.9 Å². The molecule has 6 nitrogen and oxygen atoms in total. The van der Waals surface area contributed by atoms with Gasteiger partial charge in [0.2, 0.25) is 0 Å². The molecule has 0 radical (unpaired) electrons. The molecular formula is C21H28N4O2. The lowest BCUT2D eigenvalue weighted by molar-refractivity contribution is 0.102. The van der Waals surface area contributed by atoms with Crippen LogP contribution in [0, 0.1) is 0 Å². The number of hydrogen-bond acceptors (Lipinski definition) is 5. The summed E-state index contributed by atoms with van der Waals surface area (Å²) in [5, 5.41) is 6.30. The molecule has 1 aliphatic carbocycles. The smallest absolute Gasteiger partial charge is 0.275 e. The Labute approximate surface area is 160 Å². The van der Waals surface area contributed by atoms with Crippen molar-refractivity contribution in [2.75, 3.05) is 10.6 Å². The maximum atomic E-state index is 12.5. The number of anilines is 2. The fourth-order valence-electron chi connectivity index (χ4n) is 3.27. The zero-order valence-electron chi connectivity index (χ0n) is 16.1. The van der Waals surface area contributed by atoms with Gasteiger partial charge in [-0.15, -0.1) is 0 Å². The van der Waals surface area contributed by atoms with Crippen molar-refractivity contribution in [2.45, 2.75) is 64.5 Å². The van der Waals surface area contributed by atoms with E-state index in [4.69, 9.17) is 4.74 Å². The van der Waals surface area contributed by atoms with Crippen molar-refractivity contribution in [3.8, 4) is 5.75 Å². The van der Waals surface area contributed by atoms with E-state index >= 15 is 0 Å². The van der Waals surface area contributed by atoms with Gasteiger partial charge in [0.15, 0.2) is 0 Å². The Hall–Kier alpha value is -2.63. The third-order valence-corrected chi connectivity index (χ3v) is 4.59. The number of ether oxygens (including phenoxy) is 1. The predicted octanol–water partition coefficient (Wildman–Crippen LogP) is 4.65. The number of para-hydroxylation sites is 2. The van der Waals surface area contributed by atoms with Gasteiger partial charge >= 0.3 is 0 Å². The molecule has 3 rings (SSSR count). The third-order valence-electron chi connectivity index (χ3n) is 4.59. The molecule has 2 N–H and O–H groups in total. The zero-order valence-corrected chi connectivity index (χ0v) is 16.1. The fourth-order valence-corrected chi connectivity index (χ4v) is 3.27. The molecule has 0 unspecified atom stereocenters. The summed E-state index contributed by atoms with van der Waals surface area (Å²) in [6, 6.07) is 7.82. The monoisotopic (exact) mass is 368 g/mol. The van der Waals surface area contributed by atoms with Gasteiger partial charge < -0.3 is 15.4 Å². The number of benzene rings is 1. The van der Waals surface area contributed by atoms with Crippen molar-refractivity contribution in [3.63, 3.8) is 0 Å². The number of carbonyl (C=O) groups excluding carboxylic acids is 1. The molecule has 144 valence electrons. The Kier molecular flexibility index (Phi) is 6.63. The van der Waals surface area contributed by atoms with Crippen LogP contribution in [0.25, 0.3) is 0 Å². The molecule has 0 bridgehead atoms.